The molecule has 0 fully saturated rings. The van der Waals surface area contributed by atoms with Gasteiger partial charge in [0, 0.05) is 20.2 Å². The van der Waals surface area contributed by atoms with Crippen molar-refractivity contribution in [3.05, 3.63) is 23.3 Å². The highest BCUT2D eigenvalue weighted by Crippen LogP contribution is 2.28. The average Bonchev–Trinajstić information content (AvgIpc) is 2.36. The third kappa shape index (κ3) is 3.71. The fraction of sp³-hybridized carbons (Fsp3) is 0.308. The second-order valence-electron chi connectivity index (χ2n) is 3.93. The number of carbonyl (C=O) groups is 1. The summed E-state index contributed by atoms with van der Waals surface area (Å²) in [6.07, 6.45) is 1.50. The number of carbonyl (C=O) groups excluding carboxylic acids is 1. The fourth-order valence-electron chi connectivity index (χ4n) is 1.32. The molecule has 1 rings (SSSR count). The molecule has 0 radical (unpaired) electrons. The smallest absolute Gasteiger partial charge is 0.341 e. The number of rotatable bonds is 4. The van der Waals surface area contributed by atoms with Gasteiger partial charge in [-0.25, -0.2) is 9.79 Å². The van der Waals surface area contributed by atoms with Gasteiger partial charge < -0.3 is 14.7 Å². The van der Waals surface area contributed by atoms with Gasteiger partial charge in [-0.15, -0.1) is 0 Å². The summed E-state index contributed by atoms with van der Waals surface area (Å²) in [4.78, 5) is 17.3. The summed E-state index contributed by atoms with van der Waals surface area (Å²) in [5.74, 6) is -0.928. The zero-order valence-electron chi connectivity index (χ0n) is 11.0. The Hall–Kier alpha value is -2.55. The van der Waals surface area contributed by atoms with Gasteiger partial charge in [-0.3, -0.25) is 0 Å². The molecule has 1 aromatic carbocycles. The lowest BCUT2D eigenvalue weighted by Crippen LogP contribution is -2.07. The van der Waals surface area contributed by atoms with E-state index in [0.29, 0.717) is 5.69 Å². The van der Waals surface area contributed by atoms with Gasteiger partial charge in [0.15, 0.2) is 0 Å². The minimum absolute atomic E-state index is 0.0396. The van der Waals surface area contributed by atoms with E-state index in [1.807, 2.05) is 6.07 Å². The van der Waals surface area contributed by atoms with Crippen LogP contribution in [-0.4, -0.2) is 43.0 Å². The van der Waals surface area contributed by atoms with E-state index >= 15 is 0 Å². The molecule has 19 heavy (non-hydrogen) atoms. The van der Waals surface area contributed by atoms with Gasteiger partial charge in [0.05, 0.1) is 24.2 Å². The highest BCUT2D eigenvalue weighted by molar-refractivity contribution is 5.94. The van der Waals surface area contributed by atoms with Crippen molar-refractivity contribution in [3.8, 4) is 11.8 Å². The first kappa shape index (κ1) is 14.5. The first-order chi connectivity index (χ1) is 8.99. The average molecular weight is 261 g/mol. The molecular formula is C13H15N3O3. The summed E-state index contributed by atoms with van der Waals surface area (Å²) >= 11 is 0. The van der Waals surface area contributed by atoms with Crippen molar-refractivity contribution in [2.45, 2.75) is 6.92 Å². The SMILES string of the molecule is CCOC(=O)c1cc(C#N)c(N=CN(C)C)cc1O. The van der Waals surface area contributed by atoms with Crippen LogP contribution < -0.4 is 0 Å². The first-order valence-corrected chi connectivity index (χ1v) is 5.64. The minimum Gasteiger partial charge on any atom is -0.507 e. The molecule has 1 aromatic rings. The molecule has 0 amide bonds. The minimum atomic E-state index is -0.667. The van der Waals surface area contributed by atoms with Crippen molar-refractivity contribution < 1.29 is 14.6 Å². The molecule has 6 heteroatoms. The van der Waals surface area contributed by atoms with Crippen molar-refractivity contribution in [1.82, 2.24) is 4.90 Å². The molecule has 0 aromatic heterocycles. The quantitative estimate of drug-likeness (QED) is 0.506. The number of benzene rings is 1. The summed E-state index contributed by atoms with van der Waals surface area (Å²) in [7, 11) is 3.56. The second-order valence-corrected chi connectivity index (χ2v) is 3.93. The Kier molecular flexibility index (Phi) is 4.89. The van der Waals surface area contributed by atoms with E-state index in [9.17, 15) is 9.90 Å². The number of phenolic OH excluding ortho intramolecular Hbond substituents is 1. The largest absolute Gasteiger partial charge is 0.507 e. The first-order valence-electron chi connectivity index (χ1n) is 5.64. The molecule has 100 valence electrons. The van der Waals surface area contributed by atoms with E-state index in [4.69, 9.17) is 10.00 Å². The van der Waals surface area contributed by atoms with Gasteiger partial charge in [0.2, 0.25) is 0 Å². The maximum atomic E-state index is 11.6. The van der Waals surface area contributed by atoms with Gasteiger partial charge in [-0.1, -0.05) is 0 Å². The van der Waals surface area contributed by atoms with Crippen LogP contribution in [-0.2, 0) is 4.74 Å². The summed E-state index contributed by atoms with van der Waals surface area (Å²) in [5.41, 5.74) is 0.447. The molecule has 0 spiro atoms. The molecule has 0 aliphatic heterocycles. The normalized spacial score (nSPS) is 10.2. The van der Waals surface area contributed by atoms with Gasteiger partial charge in [-0.05, 0) is 13.0 Å². The Bertz CT molecular complexity index is 545. The van der Waals surface area contributed by atoms with Crippen molar-refractivity contribution in [2.75, 3.05) is 20.7 Å². The van der Waals surface area contributed by atoms with E-state index in [1.54, 1.807) is 25.9 Å². The summed E-state index contributed by atoms with van der Waals surface area (Å²) in [6, 6.07) is 4.47. The molecule has 0 atom stereocenters. The lowest BCUT2D eigenvalue weighted by molar-refractivity contribution is 0.0523. The Morgan fingerprint density at radius 1 is 1.58 bits per heavy atom. The Labute approximate surface area is 111 Å². The number of ether oxygens (including phenoxy) is 1. The predicted molar refractivity (Wildman–Crippen MR) is 70.6 cm³/mol. The molecule has 0 saturated heterocycles. The zero-order valence-corrected chi connectivity index (χ0v) is 11.0. The molecule has 0 aliphatic carbocycles. The van der Waals surface area contributed by atoms with E-state index in [-0.39, 0.29) is 23.5 Å². The van der Waals surface area contributed by atoms with Crippen LogP contribution in [0.4, 0.5) is 5.69 Å². The Morgan fingerprint density at radius 2 is 2.26 bits per heavy atom. The number of phenols is 1. The monoisotopic (exact) mass is 261 g/mol. The Balaban J connectivity index is 3.22. The van der Waals surface area contributed by atoms with Crippen LogP contribution in [0.1, 0.15) is 22.8 Å². The van der Waals surface area contributed by atoms with E-state index < -0.39 is 5.97 Å². The molecular weight excluding hydrogens is 246 g/mol. The second kappa shape index (κ2) is 6.40. The molecule has 0 aliphatic rings. The third-order valence-electron chi connectivity index (χ3n) is 2.16. The lowest BCUT2D eigenvalue weighted by Gasteiger charge is -2.07. The number of nitrogens with zero attached hydrogens (tertiary/aromatic N) is 3. The van der Waals surface area contributed by atoms with Crippen LogP contribution in [0.15, 0.2) is 17.1 Å². The van der Waals surface area contributed by atoms with Crippen LogP contribution in [0.25, 0.3) is 0 Å². The number of aromatic hydroxyl groups is 1. The number of hydrogen-bond donors (Lipinski definition) is 1. The van der Waals surface area contributed by atoms with Crippen molar-refractivity contribution in [2.24, 2.45) is 4.99 Å². The van der Waals surface area contributed by atoms with E-state index in [0.717, 1.165) is 0 Å². The van der Waals surface area contributed by atoms with Crippen LogP contribution in [0.5, 0.6) is 5.75 Å². The van der Waals surface area contributed by atoms with E-state index in [1.165, 1.54) is 18.5 Å². The number of esters is 1. The van der Waals surface area contributed by atoms with Crippen molar-refractivity contribution in [1.29, 1.82) is 5.26 Å². The van der Waals surface area contributed by atoms with Crippen molar-refractivity contribution in [3.63, 3.8) is 0 Å². The van der Waals surface area contributed by atoms with Gasteiger partial charge in [0.1, 0.15) is 17.4 Å². The van der Waals surface area contributed by atoms with Crippen molar-refractivity contribution >= 4 is 18.0 Å². The number of aliphatic imine (C=N–C) groups is 1. The summed E-state index contributed by atoms with van der Waals surface area (Å²) in [6.45, 7) is 1.86. The number of hydrogen-bond acceptors (Lipinski definition) is 5. The Morgan fingerprint density at radius 3 is 2.79 bits per heavy atom. The van der Waals surface area contributed by atoms with E-state index in [2.05, 4.69) is 4.99 Å². The molecule has 6 nitrogen and oxygen atoms in total. The number of nitriles is 1. The molecule has 0 bridgehead atoms. The lowest BCUT2D eigenvalue weighted by atomic mass is 10.1. The maximum absolute atomic E-state index is 11.6. The molecule has 1 N–H and O–H groups in total. The topological polar surface area (TPSA) is 85.9 Å². The van der Waals surface area contributed by atoms with Gasteiger partial charge in [0.25, 0.3) is 0 Å². The standard InChI is InChI=1S/C13H15N3O3/c1-4-19-13(18)10-5-9(7-14)11(6-12(10)17)15-8-16(2)3/h5-6,8,17H,4H2,1-3H3. The van der Waals surface area contributed by atoms with Gasteiger partial charge in [-0.2, -0.15) is 5.26 Å². The molecule has 0 saturated carbocycles. The molecule has 0 heterocycles. The highest BCUT2D eigenvalue weighted by atomic mass is 16.5. The zero-order chi connectivity index (χ0) is 14.4. The summed E-state index contributed by atoms with van der Waals surface area (Å²) < 4.78 is 4.79. The van der Waals surface area contributed by atoms with Crippen LogP contribution >= 0.6 is 0 Å². The van der Waals surface area contributed by atoms with Crippen LogP contribution in [0.3, 0.4) is 0 Å². The third-order valence-corrected chi connectivity index (χ3v) is 2.16. The molecule has 0 unspecified atom stereocenters. The predicted octanol–water partition coefficient (Wildman–Crippen LogP) is 1.66. The van der Waals surface area contributed by atoms with Crippen LogP contribution in [0, 0.1) is 11.3 Å². The highest BCUT2D eigenvalue weighted by Gasteiger charge is 2.16. The van der Waals surface area contributed by atoms with Crippen LogP contribution in [0.2, 0.25) is 0 Å². The summed E-state index contributed by atoms with van der Waals surface area (Å²) in [5, 5.41) is 18.8. The maximum Gasteiger partial charge on any atom is 0.341 e. The van der Waals surface area contributed by atoms with Gasteiger partial charge >= 0.3 is 5.97 Å². The fourth-order valence-corrected chi connectivity index (χ4v) is 1.32.